The van der Waals surface area contributed by atoms with Gasteiger partial charge in [-0.25, -0.2) is 0 Å². The van der Waals surface area contributed by atoms with Crippen LogP contribution in [0.5, 0.6) is 0 Å². The SMILES string of the molecule is CCCCC[C@H](O)C=C[C@H]1[C@H](O)CC(O)[C@@H]1CC=CCCCC(=O)OC. The van der Waals surface area contributed by atoms with Crippen molar-refractivity contribution in [3.05, 3.63) is 24.3 Å². The predicted octanol–water partition coefficient (Wildman–Crippen LogP) is 3.13. The highest BCUT2D eigenvalue weighted by Gasteiger charge is 2.39. The zero-order valence-electron chi connectivity index (χ0n) is 16.2. The van der Waals surface area contributed by atoms with Gasteiger partial charge in [-0.05, 0) is 31.6 Å². The highest BCUT2D eigenvalue weighted by molar-refractivity contribution is 5.69. The van der Waals surface area contributed by atoms with Crippen molar-refractivity contribution >= 4 is 5.97 Å². The Hall–Kier alpha value is -1.17. The molecule has 0 bridgehead atoms. The van der Waals surface area contributed by atoms with Crippen molar-refractivity contribution < 1.29 is 24.9 Å². The number of carbonyl (C=O) groups is 1. The Kier molecular flexibility index (Phi) is 11.5. The van der Waals surface area contributed by atoms with Gasteiger partial charge < -0.3 is 20.1 Å². The van der Waals surface area contributed by atoms with Crippen LogP contribution in [0.2, 0.25) is 0 Å². The summed E-state index contributed by atoms with van der Waals surface area (Å²) in [7, 11) is 1.39. The van der Waals surface area contributed by atoms with E-state index in [-0.39, 0.29) is 17.8 Å². The van der Waals surface area contributed by atoms with Crippen molar-refractivity contribution in [3.63, 3.8) is 0 Å². The van der Waals surface area contributed by atoms with Crippen LogP contribution in [0.3, 0.4) is 0 Å². The summed E-state index contributed by atoms with van der Waals surface area (Å²) in [4.78, 5) is 11.1. The summed E-state index contributed by atoms with van der Waals surface area (Å²) in [6.45, 7) is 2.13. The van der Waals surface area contributed by atoms with Crippen molar-refractivity contribution in [2.75, 3.05) is 7.11 Å². The van der Waals surface area contributed by atoms with Gasteiger partial charge in [-0.1, -0.05) is 50.5 Å². The van der Waals surface area contributed by atoms with E-state index in [1.54, 1.807) is 6.08 Å². The van der Waals surface area contributed by atoms with Gasteiger partial charge in [-0.15, -0.1) is 0 Å². The van der Waals surface area contributed by atoms with Crippen LogP contribution in [0.25, 0.3) is 0 Å². The molecule has 0 aromatic carbocycles. The fourth-order valence-electron chi connectivity index (χ4n) is 3.50. The average molecular weight is 369 g/mol. The molecule has 1 unspecified atom stereocenters. The summed E-state index contributed by atoms with van der Waals surface area (Å²) >= 11 is 0. The molecule has 0 aliphatic heterocycles. The maximum Gasteiger partial charge on any atom is 0.305 e. The van der Waals surface area contributed by atoms with Crippen LogP contribution >= 0.6 is 0 Å². The van der Waals surface area contributed by atoms with E-state index in [4.69, 9.17) is 0 Å². The highest BCUT2D eigenvalue weighted by atomic mass is 16.5. The number of aliphatic hydroxyl groups is 3. The minimum atomic E-state index is -0.568. The predicted molar refractivity (Wildman–Crippen MR) is 103 cm³/mol. The van der Waals surface area contributed by atoms with Crippen molar-refractivity contribution in [3.8, 4) is 0 Å². The lowest BCUT2D eigenvalue weighted by Crippen LogP contribution is -2.20. The molecule has 5 atom stereocenters. The molecule has 5 nitrogen and oxygen atoms in total. The van der Waals surface area contributed by atoms with E-state index in [1.165, 1.54) is 7.11 Å². The van der Waals surface area contributed by atoms with Crippen molar-refractivity contribution in [1.82, 2.24) is 0 Å². The van der Waals surface area contributed by atoms with Crippen molar-refractivity contribution in [1.29, 1.82) is 0 Å². The second-order valence-corrected chi connectivity index (χ2v) is 7.24. The van der Waals surface area contributed by atoms with E-state index in [1.807, 2.05) is 18.2 Å². The molecule has 150 valence electrons. The number of carbonyl (C=O) groups excluding carboxylic acids is 1. The Morgan fingerprint density at radius 3 is 2.65 bits per heavy atom. The first-order valence-electron chi connectivity index (χ1n) is 9.93. The molecule has 0 radical (unpaired) electrons. The molecule has 1 aliphatic carbocycles. The van der Waals surface area contributed by atoms with Gasteiger partial charge in [0.05, 0.1) is 25.4 Å². The van der Waals surface area contributed by atoms with Gasteiger partial charge in [0.15, 0.2) is 0 Å². The van der Waals surface area contributed by atoms with Crippen LogP contribution in [0.15, 0.2) is 24.3 Å². The molecule has 1 aliphatic rings. The van der Waals surface area contributed by atoms with Crippen LogP contribution in [-0.4, -0.2) is 46.7 Å². The number of aliphatic hydroxyl groups excluding tert-OH is 3. The minimum absolute atomic E-state index is 0.0408. The second-order valence-electron chi connectivity index (χ2n) is 7.24. The molecule has 0 aromatic rings. The van der Waals surface area contributed by atoms with Crippen LogP contribution in [-0.2, 0) is 9.53 Å². The molecule has 5 heteroatoms. The zero-order valence-corrected chi connectivity index (χ0v) is 16.2. The number of hydrogen-bond acceptors (Lipinski definition) is 5. The summed E-state index contributed by atoms with van der Waals surface area (Å²) in [6.07, 6.45) is 13.1. The Morgan fingerprint density at radius 1 is 1.19 bits per heavy atom. The molecule has 0 saturated heterocycles. The summed E-state index contributed by atoms with van der Waals surface area (Å²) in [5.74, 6) is -0.373. The number of hydrogen-bond donors (Lipinski definition) is 3. The molecule has 3 N–H and O–H groups in total. The van der Waals surface area contributed by atoms with E-state index >= 15 is 0 Å². The largest absolute Gasteiger partial charge is 0.469 e. The van der Waals surface area contributed by atoms with E-state index in [9.17, 15) is 20.1 Å². The number of allylic oxidation sites excluding steroid dienone is 2. The van der Waals surface area contributed by atoms with Gasteiger partial charge in [0, 0.05) is 18.8 Å². The number of ether oxygens (including phenoxy) is 1. The molecule has 1 rings (SSSR count). The fourth-order valence-corrected chi connectivity index (χ4v) is 3.50. The molecule has 0 spiro atoms. The van der Waals surface area contributed by atoms with Gasteiger partial charge in [0.2, 0.25) is 0 Å². The molecular formula is C21H36O5. The van der Waals surface area contributed by atoms with Crippen LogP contribution in [0.1, 0.15) is 64.7 Å². The second kappa shape index (κ2) is 13.1. The molecule has 26 heavy (non-hydrogen) atoms. The average Bonchev–Trinajstić information content (AvgIpc) is 2.89. The molecule has 0 aromatic heterocycles. The number of methoxy groups -OCH3 is 1. The Balaban J connectivity index is 2.44. The lowest BCUT2D eigenvalue weighted by molar-refractivity contribution is -0.140. The third-order valence-corrected chi connectivity index (χ3v) is 5.13. The maximum atomic E-state index is 11.1. The first kappa shape index (κ1) is 22.9. The first-order valence-corrected chi connectivity index (χ1v) is 9.93. The number of unbranched alkanes of at least 4 members (excludes halogenated alkanes) is 3. The van der Waals surface area contributed by atoms with Gasteiger partial charge >= 0.3 is 5.97 Å². The zero-order chi connectivity index (χ0) is 19.4. The summed E-state index contributed by atoms with van der Waals surface area (Å²) in [6, 6.07) is 0. The quantitative estimate of drug-likeness (QED) is 0.280. The fraction of sp³-hybridized carbons (Fsp3) is 0.762. The molecule has 1 saturated carbocycles. The minimum Gasteiger partial charge on any atom is -0.469 e. The standard InChI is InChI=1S/C21H36O5/c1-3-4-7-10-16(22)13-14-18-17(19(23)15-20(18)24)11-8-5-6-9-12-21(25)26-2/h5,8,13-14,16-20,22-24H,3-4,6-7,9-12,15H2,1-2H3/t16-,17+,18+,19?,20+/m0/s1. The molecule has 0 heterocycles. The van der Waals surface area contributed by atoms with E-state index < -0.39 is 18.3 Å². The van der Waals surface area contributed by atoms with Crippen LogP contribution in [0.4, 0.5) is 0 Å². The van der Waals surface area contributed by atoms with E-state index in [2.05, 4.69) is 11.7 Å². The Labute approximate surface area is 157 Å². The van der Waals surface area contributed by atoms with E-state index in [0.717, 1.165) is 38.5 Å². The van der Waals surface area contributed by atoms with Gasteiger partial charge in [0.1, 0.15) is 0 Å². The maximum absolute atomic E-state index is 11.1. The van der Waals surface area contributed by atoms with Crippen molar-refractivity contribution in [2.24, 2.45) is 11.8 Å². The van der Waals surface area contributed by atoms with Crippen molar-refractivity contribution in [2.45, 2.75) is 83.0 Å². The molecular weight excluding hydrogens is 332 g/mol. The lowest BCUT2D eigenvalue weighted by atomic mass is 9.89. The topological polar surface area (TPSA) is 87.0 Å². The molecule has 0 amide bonds. The Bertz CT molecular complexity index is 446. The van der Waals surface area contributed by atoms with Gasteiger partial charge in [-0.2, -0.15) is 0 Å². The monoisotopic (exact) mass is 368 g/mol. The number of rotatable bonds is 12. The van der Waals surface area contributed by atoms with Crippen LogP contribution in [0, 0.1) is 11.8 Å². The van der Waals surface area contributed by atoms with E-state index in [0.29, 0.717) is 19.3 Å². The normalized spacial score (nSPS) is 27.4. The summed E-state index contributed by atoms with van der Waals surface area (Å²) in [5.41, 5.74) is 0. The van der Waals surface area contributed by atoms with Crippen LogP contribution < -0.4 is 0 Å². The summed E-state index contributed by atoms with van der Waals surface area (Å²) in [5, 5.41) is 30.5. The molecule has 1 fully saturated rings. The number of esters is 1. The first-order chi connectivity index (χ1) is 12.5. The van der Waals surface area contributed by atoms with Gasteiger partial charge in [-0.3, -0.25) is 4.79 Å². The van der Waals surface area contributed by atoms with Gasteiger partial charge in [0.25, 0.3) is 0 Å². The highest BCUT2D eigenvalue weighted by Crippen LogP contribution is 2.36. The lowest BCUT2D eigenvalue weighted by Gasteiger charge is -2.19. The third kappa shape index (κ3) is 8.47. The smallest absolute Gasteiger partial charge is 0.305 e. The third-order valence-electron chi connectivity index (χ3n) is 5.13. The Morgan fingerprint density at radius 2 is 1.96 bits per heavy atom. The summed E-state index contributed by atoms with van der Waals surface area (Å²) < 4.78 is 4.60.